The summed E-state index contributed by atoms with van der Waals surface area (Å²) < 4.78 is 27.2. The fourth-order valence-corrected chi connectivity index (χ4v) is 5.82. The van der Waals surface area contributed by atoms with Crippen molar-refractivity contribution < 1.29 is 18.3 Å². The van der Waals surface area contributed by atoms with E-state index in [1.807, 2.05) is 6.07 Å². The number of benzene rings is 1. The second-order valence-electron chi connectivity index (χ2n) is 8.21. The van der Waals surface area contributed by atoms with Crippen LogP contribution in [0.5, 0.6) is 0 Å². The molecule has 2 aromatic rings. The molecule has 2 N–H and O–H groups in total. The molecule has 7 heteroatoms. The number of rotatable bonds is 5. The lowest BCUT2D eigenvalue weighted by atomic mass is 10.1. The molecule has 0 bridgehead atoms. The van der Waals surface area contributed by atoms with Gasteiger partial charge in [0.1, 0.15) is 43.8 Å². The number of H-pyrrole nitrogens is 1. The molecule has 0 saturated carbocycles. The number of hydrogen-bond acceptors (Lipinski definition) is 3. The van der Waals surface area contributed by atoms with E-state index in [2.05, 4.69) is 41.1 Å². The molecule has 1 aromatic heterocycles. The topological polar surface area (TPSA) is 59.2 Å². The fourth-order valence-electron chi connectivity index (χ4n) is 4.33. The Hall–Kier alpha value is -1.96. The average Bonchev–Trinajstić information content (AvgIpc) is 2.77. The summed E-state index contributed by atoms with van der Waals surface area (Å²) in [4.78, 5) is 7.52. The zero-order valence-corrected chi connectivity index (χ0v) is 18.0. The monoisotopic (exact) mass is 416 g/mol. The van der Waals surface area contributed by atoms with E-state index in [1.54, 1.807) is 21.5 Å². The Bertz CT molecular complexity index is 916. The van der Waals surface area contributed by atoms with E-state index in [-0.39, 0.29) is 0 Å². The Kier molecular flexibility index (Phi) is 6.18. The van der Waals surface area contributed by atoms with Gasteiger partial charge in [-0.1, -0.05) is 30.7 Å². The van der Waals surface area contributed by atoms with Crippen molar-refractivity contribution >= 4 is 15.8 Å². The molecule has 3 heterocycles. The van der Waals surface area contributed by atoms with Crippen molar-refractivity contribution in [3.8, 4) is 0 Å². The minimum atomic E-state index is -3.38. The van der Waals surface area contributed by atoms with Gasteiger partial charge in [-0.15, -0.1) is 0 Å². The van der Waals surface area contributed by atoms with Crippen molar-refractivity contribution in [2.24, 2.45) is 0 Å². The zero-order valence-electron chi connectivity index (χ0n) is 17.2. The second kappa shape index (κ2) is 8.81. The van der Waals surface area contributed by atoms with Crippen LogP contribution in [0.1, 0.15) is 30.4 Å². The Morgan fingerprint density at radius 3 is 2.34 bits per heavy atom. The first-order chi connectivity index (χ1) is 14.0. The first kappa shape index (κ1) is 20.3. The Morgan fingerprint density at radius 2 is 1.69 bits per heavy atom. The van der Waals surface area contributed by atoms with Crippen molar-refractivity contribution in [1.82, 2.24) is 4.31 Å². The van der Waals surface area contributed by atoms with Crippen molar-refractivity contribution in [3.63, 3.8) is 0 Å². The standard InChI is InChI=1S/C22H30N4O2S/c1-19-7-3-4-8-20(19)18-24-13-15-25(16-14-24)22-10-9-21(17-23-22)29(27,28)26-11-5-2-6-12-26/h3-4,7-10,17H,2,5-6,11-16,18H2,1H3/p+2. The number of anilines is 1. The number of sulfonamides is 1. The predicted molar refractivity (Wildman–Crippen MR) is 113 cm³/mol. The highest BCUT2D eigenvalue weighted by Crippen LogP contribution is 2.20. The maximum atomic E-state index is 12.8. The molecule has 2 saturated heterocycles. The summed E-state index contributed by atoms with van der Waals surface area (Å²) in [6.07, 6.45) is 4.69. The molecule has 29 heavy (non-hydrogen) atoms. The summed E-state index contributed by atoms with van der Waals surface area (Å²) in [5, 5.41) is 0. The van der Waals surface area contributed by atoms with E-state index >= 15 is 0 Å². The number of piperidine rings is 1. The molecular formula is C22H32N4O2S+2. The molecule has 4 rings (SSSR count). The number of piperazine rings is 1. The lowest BCUT2D eigenvalue weighted by molar-refractivity contribution is -0.914. The van der Waals surface area contributed by atoms with Crippen molar-refractivity contribution in [2.45, 2.75) is 37.6 Å². The van der Waals surface area contributed by atoms with Crippen molar-refractivity contribution in [1.29, 1.82) is 0 Å². The minimum Gasteiger partial charge on any atom is -0.325 e. The summed E-state index contributed by atoms with van der Waals surface area (Å²) in [5.74, 6) is 0.998. The molecule has 0 atom stereocenters. The van der Waals surface area contributed by atoms with E-state index in [0.29, 0.717) is 18.0 Å². The fraction of sp³-hybridized carbons (Fsp3) is 0.500. The number of quaternary nitrogens is 1. The predicted octanol–water partition coefficient (Wildman–Crippen LogP) is 0.889. The van der Waals surface area contributed by atoms with Crippen molar-refractivity contribution in [3.05, 3.63) is 53.7 Å². The number of pyridine rings is 1. The second-order valence-corrected chi connectivity index (χ2v) is 10.2. The van der Waals surface area contributed by atoms with Gasteiger partial charge >= 0.3 is 0 Å². The molecular weight excluding hydrogens is 384 g/mol. The van der Waals surface area contributed by atoms with Gasteiger partial charge < -0.3 is 4.90 Å². The van der Waals surface area contributed by atoms with Gasteiger partial charge in [0.05, 0.1) is 0 Å². The number of aromatic nitrogens is 1. The van der Waals surface area contributed by atoms with E-state index in [4.69, 9.17) is 0 Å². The third-order valence-electron chi connectivity index (χ3n) is 6.23. The number of aryl methyl sites for hydroxylation is 1. The first-order valence-electron chi connectivity index (χ1n) is 10.7. The maximum Gasteiger partial charge on any atom is 0.274 e. The van der Waals surface area contributed by atoms with Crippen LogP contribution in [0.2, 0.25) is 0 Å². The van der Waals surface area contributed by atoms with Crippen LogP contribution in [-0.4, -0.2) is 52.0 Å². The molecule has 2 aliphatic heterocycles. The van der Waals surface area contributed by atoms with Crippen molar-refractivity contribution in [2.75, 3.05) is 44.2 Å². The van der Waals surface area contributed by atoms with Crippen LogP contribution in [-0.2, 0) is 16.6 Å². The normalized spacial score (nSPS) is 19.4. The van der Waals surface area contributed by atoms with Crippen LogP contribution in [0.15, 0.2) is 47.5 Å². The van der Waals surface area contributed by atoms with Crippen LogP contribution < -0.4 is 14.8 Å². The van der Waals surface area contributed by atoms with Gasteiger partial charge in [-0.25, -0.2) is 13.4 Å². The van der Waals surface area contributed by atoms with Crippen LogP contribution in [0.3, 0.4) is 0 Å². The van der Waals surface area contributed by atoms with Gasteiger partial charge in [0.2, 0.25) is 10.0 Å². The quantitative estimate of drug-likeness (QED) is 0.788. The van der Waals surface area contributed by atoms with Crippen LogP contribution in [0, 0.1) is 6.92 Å². The van der Waals surface area contributed by atoms with Crippen LogP contribution in [0.4, 0.5) is 5.82 Å². The molecule has 0 unspecified atom stereocenters. The molecule has 2 fully saturated rings. The third kappa shape index (κ3) is 4.63. The van der Waals surface area contributed by atoms with Crippen LogP contribution in [0.25, 0.3) is 0 Å². The molecule has 0 radical (unpaired) electrons. The highest BCUT2D eigenvalue weighted by atomic mass is 32.2. The smallest absolute Gasteiger partial charge is 0.274 e. The minimum absolute atomic E-state index is 0.368. The van der Waals surface area contributed by atoms with Gasteiger partial charge in [-0.05, 0) is 31.4 Å². The van der Waals surface area contributed by atoms with Gasteiger partial charge in [-0.2, -0.15) is 4.31 Å². The van der Waals surface area contributed by atoms with E-state index in [1.165, 1.54) is 11.1 Å². The number of hydrogen-bond donors (Lipinski definition) is 1. The Morgan fingerprint density at radius 1 is 0.966 bits per heavy atom. The molecule has 1 aromatic carbocycles. The molecule has 156 valence electrons. The zero-order chi connectivity index (χ0) is 20.3. The highest BCUT2D eigenvalue weighted by molar-refractivity contribution is 7.89. The number of aromatic amines is 1. The van der Waals surface area contributed by atoms with Crippen LogP contribution >= 0.6 is 0 Å². The van der Waals surface area contributed by atoms with Gasteiger partial charge in [0.15, 0.2) is 0 Å². The number of nitrogens with zero attached hydrogens (tertiary/aromatic N) is 2. The van der Waals surface area contributed by atoms with E-state index < -0.39 is 10.0 Å². The first-order valence-corrected chi connectivity index (χ1v) is 12.1. The summed E-state index contributed by atoms with van der Waals surface area (Å²) >= 11 is 0. The Balaban J connectivity index is 1.36. The molecule has 2 aliphatic rings. The summed E-state index contributed by atoms with van der Waals surface area (Å²) in [7, 11) is -3.38. The van der Waals surface area contributed by atoms with Gasteiger partial charge in [0, 0.05) is 24.7 Å². The molecule has 0 spiro atoms. The summed E-state index contributed by atoms with van der Waals surface area (Å²) in [6, 6.07) is 12.3. The van der Waals surface area contributed by atoms with Gasteiger partial charge in [-0.3, -0.25) is 4.90 Å². The lowest BCUT2D eigenvalue weighted by Gasteiger charge is -2.29. The van der Waals surface area contributed by atoms with E-state index in [0.717, 1.165) is 57.8 Å². The third-order valence-corrected chi connectivity index (χ3v) is 8.13. The molecule has 0 aliphatic carbocycles. The number of nitrogens with one attached hydrogen (secondary N) is 2. The molecule has 6 nitrogen and oxygen atoms in total. The molecule has 0 amide bonds. The summed E-state index contributed by atoms with van der Waals surface area (Å²) in [5.41, 5.74) is 2.79. The lowest BCUT2D eigenvalue weighted by Crippen LogP contribution is -3.13. The highest BCUT2D eigenvalue weighted by Gasteiger charge is 2.29. The Labute approximate surface area is 174 Å². The average molecular weight is 417 g/mol. The van der Waals surface area contributed by atoms with E-state index in [9.17, 15) is 8.42 Å². The van der Waals surface area contributed by atoms with Gasteiger partial charge in [0.25, 0.3) is 5.82 Å². The largest absolute Gasteiger partial charge is 0.325 e. The SMILES string of the molecule is Cc1ccccc1C[NH+]1CCN(c2ccc(S(=O)(=O)N3CCCCC3)c[nH+]2)CC1. The maximum absolute atomic E-state index is 12.8. The summed E-state index contributed by atoms with van der Waals surface area (Å²) in [6.45, 7) is 8.61.